The van der Waals surface area contributed by atoms with Crippen LogP contribution in [0.25, 0.3) is 86.3 Å². The van der Waals surface area contributed by atoms with Gasteiger partial charge in [0.2, 0.25) is 0 Å². The normalized spacial score (nSPS) is 13.1. The SMILES string of the molecule is CC1(C)c2ccccc2-c2ccc(N(c3ccc(-c4ccc5sc6ccccc6c5c4)cc3)c3cccc(-c4cccc5oc6c7ccccc7ccc6c45)c3)cc21. The summed E-state index contributed by atoms with van der Waals surface area (Å²) in [7, 11) is 0. The summed E-state index contributed by atoms with van der Waals surface area (Å²) in [6.45, 7) is 4.71. The average molecular weight is 760 g/mol. The Morgan fingerprint density at radius 1 is 0.431 bits per heavy atom. The van der Waals surface area contributed by atoms with Gasteiger partial charge in [-0.3, -0.25) is 0 Å². The van der Waals surface area contributed by atoms with Crippen LogP contribution in [0.2, 0.25) is 0 Å². The first kappa shape index (κ1) is 33.2. The Labute approximate surface area is 340 Å². The second-order valence-corrected chi connectivity index (χ2v) is 17.2. The summed E-state index contributed by atoms with van der Waals surface area (Å²) < 4.78 is 9.26. The molecule has 9 aromatic carbocycles. The molecule has 58 heavy (non-hydrogen) atoms. The Balaban J connectivity index is 1.01. The Bertz CT molecular complexity index is 3440. The second kappa shape index (κ2) is 12.5. The first-order valence-corrected chi connectivity index (χ1v) is 20.8. The molecule has 2 aromatic heterocycles. The van der Waals surface area contributed by atoms with Crippen LogP contribution < -0.4 is 4.90 Å². The summed E-state index contributed by atoms with van der Waals surface area (Å²) in [5.74, 6) is 0. The molecule has 0 saturated carbocycles. The molecule has 12 rings (SSSR count). The number of nitrogens with zero attached hydrogens (tertiary/aromatic N) is 1. The summed E-state index contributed by atoms with van der Waals surface area (Å²) >= 11 is 1.86. The van der Waals surface area contributed by atoms with Gasteiger partial charge in [-0.25, -0.2) is 0 Å². The predicted octanol–water partition coefficient (Wildman–Crippen LogP) is 16.2. The van der Waals surface area contributed by atoms with Crippen LogP contribution in [-0.2, 0) is 5.41 Å². The van der Waals surface area contributed by atoms with Crippen LogP contribution in [-0.4, -0.2) is 0 Å². The van der Waals surface area contributed by atoms with Crippen molar-refractivity contribution in [2.24, 2.45) is 0 Å². The Morgan fingerprint density at radius 3 is 2.05 bits per heavy atom. The lowest BCUT2D eigenvalue weighted by atomic mass is 9.82. The summed E-state index contributed by atoms with van der Waals surface area (Å²) in [5, 5.41) is 7.23. The molecule has 0 bridgehead atoms. The highest BCUT2D eigenvalue weighted by atomic mass is 32.1. The van der Waals surface area contributed by atoms with Gasteiger partial charge in [-0.1, -0.05) is 135 Å². The lowest BCUT2D eigenvalue weighted by Gasteiger charge is -2.28. The third kappa shape index (κ3) is 4.97. The summed E-state index contributed by atoms with van der Waals surface area (Å²) in [6, 6.07) is 69.0. The van der Waals surface area contributed by atoms with Gasteiger partial charge in [0, 0.05) is 58.8 Å². The van der Waals surface area contributed by atoms with Crippen LogP contribution in [0.15, 0.2) is 192 Å². The second-order valence-electron chi connectivity index (χ2n) is 16.1. The molecule has 0 unspecified atom stereocenters. The maximum atomic E-state index is 6.61. The van der Waals surface area contributed by atoms with Crippen LogP contribution in [0.5, 0.6) is 0 Å². The first-order chi connectivity index (χ1) is 28.5. The van der Waals surface area contributed by atoms with E-state index in [1.165, 1.54) is 58.9 Å². The maximum Gasteiger partial charge on any atom is 0.143 e. The number of thiophene rings is 1. The van der Waals surface area contributed by atoms with E-state index in [4.69, 9.17) is 4.42 Å². The molecule has 2 heterocycles. The third-order valence-electron chi connectivity index (χ3n) is 12.5. The quantitative estimate of drug-likeness (QED) is 0.174. The van der Waals surface area contributed by atoms with E-state index in [1.54, 1.807) is 0 Å². The predicted molar refractivity (Wildman–Crippen MR) is 247 cm³/mol. The van der Waals surface area contributed by atoms with Crippen LogP contribution >= 0.6 is 11.3 Å². The fraction of sp³-hybridized carbons (Fsp3) is 0.0545. The monoisotopic (exact) mass is 759 g/mol. The highest BCUT2D eigenvalue weighted by molar-refractivity contribution is 7.25. The molecule has 0 spiro atoms. The molecule has 0 saturated heterocycles. The summed E-state index contributed by atoms with van der Waals surface area (Å²) in [5.41, 5.74) is 15.2. The van der Waals surface area contributed by atoms with Gasteiger partial charge < -0.3 is 9.32 Å². The van der Waals surface area contributed by atoms with Crippen molar-refractivity contribution in [3.8, 4) is 33.4 Å². The van der Waals surface area contributed by atoms with E-state index >= 15 is 0 Å². The molecule has 274 valence electrons. The lowest BCUT2D eigenvalue weighted by Crippen LogP contribution is -2.16. The number of anilines is 3. The van der Waals surface area contributed by atoms with E-state index in [0.717, 1.165) is 55.5 Å². The van der Waals surface area contributed by atoms with Crippen molar-refractivity contribution in [1.82, 2.24) is 0 Å². The van der Waals surface area contributed by atoms with E-state index < -0.39 is 0 Å². The number of fused-ring (bicyclic) bond motifs is 11. The molecule has 0 N–H and O–H groups in total. The fourth-order valence-corrected chi connectivity index (χ4v) is 10.7. The Kier molecular flexibility index (Phi) is 7.18. The minimum Gasteiger partial charge on any atom is -0.455 e. The van der Waals surface area contributed by atoms with Gasteiger partial charge in [-0.2, -0.15) is 0 Å². The van der Waals surface area contributed by atoms with Crippen LogP contribution in [0.1, 0.15) is 25.0 Å². The van der Waals surface area contributed by atoms with Crippen molar-refractivity contribution < 1.29 is 4.42 Å². The van der Waals surface area contributed by atoms with Crippen molar-refractivity contribution in [2.45, 2.75) is 19.3 Å². The van der Waals surface area contributed by atoms with Crippen molar-refractivity contribution in [3.63, 3.8) is 0 Å². The van der Waals surface area contributed by atoms with Crippen molar-refractivity contribution >= 4 is 81.3 Å². The molecule has 0 amide bonds. The largest absolute Gasteiger partial charge is 0.455 e. The minimum atomic E-state index is -0.119. The third-order valence-corrected chi connectivity index (χ3v) is 13.6. The minimum absolute atomic E-state index is 0.119. The topological polar surface area (TPSA) is 16.4 Å². The molecule has 0 aliphatic heterocycles. The number of hydrogen-bond acceptors (Lipinski definition) is 3. The van der Waals surface area contributed by atoms with Gasteiger partial charge in [0.15, 0.2) is 0 Å². The van der Waals surface area contributed by atoms with Crippen molar-refractivity contribution in [1.29, 1.82) is 0 Å². The molecular formula is C55H37NOS. The first-order valence-electron chi connectivity index (χ1n) is 20.0. The van der Waals surface area contributed by atoms with E-state index in [1.807, 2.05) is 11.3 Å². The number of furan rings is 1. The molecule has 0 radical (unpaired) electrons. The molecule has 1 aliphatic rings. The van der Waals surface area contributed by atoms with Gasteiger partial charge in [0.05, 0.1) is 0 Å². The zero-order valence-electron chi connectivity index (χ0n) is 32.2. The molecule has 1 aliphatic carbocycles. The van der Waals surface area contributed by atoms with E-state index in [-0.39, 0.29) is 5.41 Å². The van der Waals surface area contributed by atoms with Crippen LogP contribution in [0.3, 0.4) is 0 Å². The Hall–Kier alpha value is -6.94. The number of benzene rings is 9. The van der Waals surface area contributed by atoms with Gasteiger partial charge in [-0.15, -0.1) is 11.3 Å². The fourth-order valence-electron chi connectivity index (χ4n) is 9.59. The molecule has 11 aromatic rings. The molecule has 0 atom stereocenters. The van der Waals surface area contributed by atoms with Gasteiger partial charge in [-0.05, 0) is 117 Å². The number of hydrogen-bond donors (Lipinski definition) is 0. The number of rotatable bonds is 5. The van der Waals surface area contributed by atoms with E-state index in [9.17, 15) is 0 Å². The van der Waals surface area contributed by atoms with E-state index in [2.05, 4.69) is 207 Å². The van der Waals surface area contributed by atoms with Crippen LogP contribution in [0.4, 0.5) is 17.1 Å². The van der Waals surface area contributed by atoms with Crippen molar-refractivity contribution in [2.75, 3.05) is 4.90 Å². The molecule has 3 heteroatoms. The molecule has 0 fully saturated rings. The van der Waals surface area contributed by atoms with Gasteiger partial charge in [0.25, 0.3) is 0 Å². The summed E-state index contributed by atoms with van der Waals surface area (Å²) in [4.78, 5) is 2.42. The van der Waals surface area contributed by atoms with Gasteiger partial charge in [0.1, 0.15) is 11.2 Å². The highest BCUT2D eigenvalue weighted by Gasteiger charge is 2.35. The van der Waals surface area contributed by atoms with E-state index in [0.29, 0.717) is 0 Å². The highest BCUT2D eigenvalue weighted by Crippen LogP contribution is 2.51. The van der Waals surface area contributed by atoms with Gasteiger partial charge >= 0.3 is 0 Å². The Morgan fingerprint density at radius 2 is 1.14 bits per heavy atom. The summed E-state index contributed by atoms with van der Waals surface area (Å²) in [6.07, 6.45) is 0. The zero-order chi connectivity index (χ0) is 38.5. The lowest BCUT2D eigenvalue weighted by molar-refractivity contribution is 0.660. The molecule has 2 nitrogen and oxygen atoms in total. The maximum absolute atomic E-state index is 6.61. The van der Waals surface area contributed by atoms with Crippen molar-refractivity contribution in [3.05, 3.63) is 199 Å². The molecular weight excluding hydrogens is 723 g/mol. The standard InChI is InChI=1S/C55H37NOS/c1-55(2)48-18-7-5-15-43(48)44-29-27-40(33-49(44)55)56(38-25-21-34(22-26-38)36-24-30-52-47(32-36)45-16-6-8-20-51(45)58-52)39-13-9-12-37(31-39)41-17-10-19-50-53(41)46-28-23-35-11-3-4-14-42(35)54(46)57-50/h3-33H,1-2H3. The zero-order valence-corrected chi connectivity index (χ0v) is 33.0. The smallest absolute Gasteiger partial charge is 0.143 e. The average Bonchev–Trinajstić information content (AvgIpc) is 3.92. The van der Waals surface area contributed by atoms with Crippen LogP contribution in [0, 0.1) is 0 Å².